The van der Waals surface area contributed by atoms with Gasteiger partial charge < -0.3 is 14.8 Å². The maximum atomic E-state index is 9.04. The summed E-state index contributed by atoms with van der Waals surface area (Å²) in [4.78, 5) is 12.0. The average molecular weight is 387 g/mol. The highest BCUT2D eigenvalue weighted by atomic mass is 15.3. The van der Waals surface area contributed by atoms with Crippen molar-refractivity contribution in [3.8, 4) is 6.07 Å². The first-order valence-corrected chi connectivity index (χ1v) is 10.6. The average Bonchev–Trinajstić information content (AvgIpc) is 3.13. The van der Waals surface area contributed by atoms with Crippen molar-refractivity contribution >= 4 is 17.0 Å². The van der Waals surface area contributed by atoms with Gasteiger partial charge in [-0.15, -0.1) is 0 Å². The molecule has 29 heavy (non-hydrogen) atoms. The van der Waals surface area contributed by atoms with Crippen LogP contribution in [0.25, 0.3) is 11.0 Å². The Morgan fingerprint density at radius 2 is 2.00 bits per heavy atom. The Kier molecular flexibility index (Phi) is 4.69. The largest absolute Gasteiger partial charge is 0.340 e. The van der Waals surface area contributed by atoms with E-state index >= 15 is 0 Å². The maximum absolute atomic E-state index is 9.04. The number of fused-ring (bicyclic) bond motifs is 1. The van der Waals surface area contributed by atoms with E-state index in [0.717, 1.165) is 42.3 Å². The number of para-hydroxylation sites is 2. The van der Waals surface area contributed by atoms with Crippen molar-refractivity contribution in [2.75, 3.05) is 24.5 Å². The Morgan fingerprint density at radius 3 is 2.79 bits per heavy atom. The third-order valence-electron chi connectivity index (χ3n) is 6.35. The molecule has 1 aromatic carbocycles. The summed E-state index contributed by atoms with van der Waals surface area (Å²) in [5, 5.41) is 12.9. The van der Waals surface area contributed by atoms with E-state index in [2.05, 4.69) is 44.0 Å². The van der Waals surface area contributed by atoms with Gasteiger partial charge in [-0.2, -0.15) is 5.26 Å². The molecular formula is C23H26N6. The Labute approximate surface area is 171 Å². The van der Waals surface area contributed by atoms with Crippen molar-refractivity contribution in [2.45, 2.75) is 44.2 Å². The van der Waals surface area contributed by atoms with Gasteiger partial charge in [-0.25, -0.2) is 4.98 Å². The van der Waals surface area contributed by atoms with Crippen molar-refractivity contribution in [1.29, 1.82) is 5.26 Å². The highest BCUT2D eigenvalue weighted by Crippen LogP contribution is 2.33. The number of hydrogen-bond donors (Lipinski definition) is 1. The second kappa shape index (κ2) is 7.49. The van der Waals surface area contributed by atoms with Gasteiger partial charge in [0, 0.05) is 24.8 Å². The van der Waals surface area contributed by atoms with Crippen molar-refractivity contribution in [2.24, 2.45) is 0 Å². The van der Waals surface area contributed by atoms with Gasteiger partial charge in [0.1, 0.15) is 6.07 Å². The van der Waals surface area contributed by atoms with Gasteiger partial charge in [0.15, 0.2) is 0 Å². The predicted octanol–water partition coefficient (Wildman–Crippen LogP) is 3.46. The zero-order valence-electron chi connectivity index (χ0n) is 16.6. The van der Waals surface area contributed by atoms with Crippen LogP contribution in [0.5, 0.6) is 0 Å². The Morgan fingerprint density at radius 1 is 1.10 bits per heavy atom. The van der Waals surface area contributed by atoms with Gasteiger partial charge in [-0.1, -0.05) is 18.6 Å². The van der Waals surface area contributed by atoms with Crippen LogP contribution in [0.2, 0.25) is 0 Å². The number of aromatic nitrogens is 3. The zero-order chi connectivity index (χ0) is 19.7. The van der Waals surface area contributed by atoms with E-state index in [1.165, 1.54) is 32.1 Å². The summed E-state index contributed by atoms with van der Waals surface area (Å²) in [6, 6.07) is 14.2. The van der Waals surface area contributed by atoms with Crippen LogP contribution in [0.1, 0.15) is 43.4 Å². The van der Waals surface area contributed by atoms with Crippen LogP contribution < -0.4 is 10.2 Å². The SMILES string of the molecule is N#Cc1ccc(Cn2c(N3CCC[C@@]4(CCCCN4)C3)nc3ccccc32)nc1. The molecule has 3 aromatic rings. The van der Waals surface area contributed by atoms with Gasteiger partial charge >= 0.3 is 0 Å². The van der Waals surface area contributed by atoms with Crippen LogP contribution in [-0.2, 0) is 6.54 Å². The van der Waals surface area contributed by atoms with Crippen LogP contribution in [0.4, 0.5) is 5.95 Å². The zero-order valence-corrected chi connectivity index (χ0v) is 16.6. The molecular weight excluding hydrogens is 360 g/mol. The Hall–Kier alpha value is -2.91. The molecule has 148 valence electrons. The van der Waals surface area contributed by atoms with E-state index in [9.17, 15) is 0 Å². The summed E-state index contributed by atoms with van der Waals surface area (Å²) >= 11 is 0. The molecule has 0 radical (unpaired) electrons. The molecule has 6 heteroatoms. The molecule has 5 rings (SSSR count). The minimum absolute atomic E-state index is 0.228. The molecule has 0 saturated carbocycles. The fourth-order valence-electron chi connectivity index (χ4n) is 4.89. The van der Waals surface area contributed by atoms with Gasteiger partial charge in [0.05, 0.1) is 28.8 Å². The van der Waals surface area contributed by atoms with E-state index < -0.39 is 0 Å². The standard InChI is InChI=1S/C23H26N6/c24-14-18-8-9-19(25-15-18)16-29-21-7-2-1-6-20(21)27-22(29)28-13-5-11-23(17-28)10-3-4-12-26-23/h1-2,6-9,15,26H,3-5,10-13,16-17H2/t23-/m0/s1. The number of benzene rings is 1. The molecule has 1 spiro atoms. The number of hydrogen-bond acceptors (Lipinski definition) is 5. The number of rotatable bonds is 3. The van der Waals surface area contributed by atoms with Crippen LogP contribution >= 0.6 is 0 Å². The quantitative estimate of drug-likeness (QED) is 0.746. The highest BCUT2D eigenvalue weighted by molar-refractivity contribution is 5.79. The first-order valence-electron chi connectivity index (χ1n) is 10.6. The molecule has 1 atom stereocenters. The summed E-state index contributed by atoms with van der Waals surface area (Å²) in [5.74, 6) is 1.03. The van der Waals surface area contributed by atoms with E-state index in [1.54, 1.807) is 6.20 Å². The van der Waals surface area contributed by atoms with Gasteiger partial charge in [-0.3, -0.25) is 4.98 Å². The summed E-state index contributed by atoms with van der Waals surface area (Å²) in [6.45, 7) is 3.82. The lowest BCUT2D eigenvalue weighted by Gasteiger charge is -2.46. The third kappa shape index (κ3) is 3.47. The predicted molar refractivity (Wildman–Crippen MR) is 114 cm³/mol. The number of anilines is 1. The summed E-state index contributed by atoms with van der Waals surface area (Å²) in [5.41, 5.74) is 3.91. The fraction of sp³-hybridized carbons (Fsp3) is 0.435. The summed E-state index contributed by atoms with van der Waals surface area (Å²) in [6.07, 6.45) is 7.93. The molecule has 0 amide bonds. The molecule has 0 aliphatic carbocycles. The minimum atomic E-state index is 0.228. The lowest BCUT2D eigenvalue weighted by Crippen LogP contribution is -2.59. The molecule has 0 unspecified atom stereocenters. The first-order chi connectivity index (χ1) is 14.3. The lowest BCUT2D eigenvalue weighted by atomic mass is 9.82. The van der Waals surface area contributed by atoms with Crippen LogP contribution in [0, 0.1) is 11.3 Å². The number of nitrogens with zero attached hydrogens (tertiary/aromatic N) is 5. The van der Waals surface area contributed by atoms with Crippen molar-refractivity contribution in [1.82, 2.24) is 19.9 Å². The van der Waals surface area contributed by atoms with Crippen molar-refractivity contribution in [3.05, 3.63) is 53.9 Å². The molecule has 2 aliphatic heterocycles. The first kappa shape index (κ1) is 18.1. The third-order valence-corrected chi connectivity index (χ3v) is 6.35. The Bertz CT molecular complexity index is 1030. The highest BCUT2D eigenvalue weighted by Gasteiger charge is 2.37. The van der Waals surface area contributed by atoms with E-state index in [0.29, 0.717) is 12.1 Å². The van der Waals surface area contributed by atoms with E-state index in [-0.39, 0.29) is 5.54 Å². The molecule has 1 N–H and O–H groups in total. The molecule has 2 aliphatic rings. The van der Waals surface area contributed by atoms with Crippen LogP contribution in [-0.4, -0.2) is 39.7 Å². The topological polar surface area (TPSA) is 69.8 Å². The molecule has 0 bridgehead atoms. The second-order valence-electron chi connectivity index (χ2n) is 8.33. The number of imidazole rings is 1. The van der Waals surface area contributed by atoms with Gasteiger partial charge in [-0.05, 0) is 56.5 Å². The summed E-state index contributed by atoms with van der Waals surface area (Å²) in [7, 11) is 0. The lowest BCUT2D eigenvalue weighted by molar-refractivity contribution is 0.215. The molecule has 2 aromatic heterocycles. The monoisotopic (exact) mass is 386 g/mol. The number of nitriles is 1. The molecule has 2 fully saturated rings. The minimum Gasteiger partial charge on any atom is -0.340 e. The van der Waals surface area contributed by atoms with Crippen molar-refractivity contribution < 1.29 is 0 Å². The molecule has 6 nitrogen and oxygen atoms in total. The van der Waals surface area contributed by atoms with Crippen molar-refractivity contribution in [3.63, 3.8) is 0 Å². The number of pyridine rings is 1. The smallest absolute Gasteiger partial charge is 0.206 e. The van der Waals surface area contributed by atoms with Crippen LogP contribution in [0.15, 0.2) is 42.6 Å². The van der Waals surface area contributed by atoms with Crippen LogP contribution in [0.3, 0.4) is 0 Å². The van der Waals surface area contributed by atoms with Gasteiger partial charge in [0.2, 0.25) is 5.95 Å². The second-order valence-corrected chi connectivity index (χ2v) is 8.33. The molecule has 4 heterocycles. The fourth-order valence-corrected chi connectivity index (χ4v) is 4.89. The number of piperidine rings is 2. The molecule has 2 saturated heterocycles. The van der Waals surface area contributed by atoms with E-state index in [4.69, 9.17) is 10.2 Å². The van der Waals surface area contributed by atoms with E-state index in [1.807, 2.05) is 18.2 Å². The number of nitrogens with one attached hydrogen (secondary N) is 1. The maximum Gasteiger partial charge on any atom is 0.206 e. The Balaban J connectivity index is 1.51. The summed E-state index contributed by atoms with van der Waals surface area (Å²) < 4.78 is 2.28. The normalized spacial score (nSPS) is 22.1. The van der Waals surface area contributed by atoms with Gasteiger partial charge in [0.25, 0.3) is 0 Å².